The fourth-order valence-corrected chi connectivity index (χ4v) is 1.73. The molecule has 0 bridgehead atoms. The van der Waals surface area contributed by atoms with Gasteiger partial charge in [-0.05, 0) is 12.1 Å². The van der Waals surface area contributed by atoms with Gasteiger partial charge in [0, 0.05) is 0 Å². The highest BCUT2D eigenvalue weighted by Gasteiger charge is 2.23. The van der Waals surface area contributed by atoms with Gasteiger partial charge >= 0.3 is 11.4 Å². The van der Waals surface area contributed by atoms with Crippen LogP contribution < -0.4 is 4.74 Å². The van der Waals surface area contributed by atoms with Crippen molar-refractivity contribution in [2.45, 2.75) is 6.10 Å². The van der Waals surface area contributed by atoms with Crippen molar-refractivity contribution in [3.63, 3.8) is 0 Å². The van der Waals surface area contributed by atoms with Crippen molar-refractivity contribution < 1.29 is 17.3 Å². The molecule has 1 aromatic rings. The summed E-state index contributed by atoms with van der Waals surface area (Å²) in [5.41, 5.74) is 0. The maximum Gasteiger partial charge on any atom is 0.305 e. The highest BCUT2D eigenvalue weighted by atomic mass is 32.2. The summed E-state index contributed by atoms with van der Waals surface area (Å²) in [6, 6.07) is 9.40. The number of ether oxygens (including phenoxy) is 1. The van der Waals surface area contributed by atoms with Gasteiger partial charge in [0.1, 0.15) is 18.5 Å². The molecule has 1 saturated heterocycles. The predicted octanol–water partition coefficient (Wildman–Crippen LogP) is 1.06. The van der Waals surface area contributed by atoms with E-state index in [4.69, 9.17) is 13.1 Å². The van der Waals surface area contributed by atoms with Gasteiger partial charge in [-0.2, -0.15) is 4.21 Å². The van der Waals surface area contributed by atoms with Crippen molar-refractivity contribution in [2.24, 2.45) is 0 Å². The summed E-state index contributed by atoms with van der Waals surface area (Å²) in [4.78, 5) is 0. The van der Waals surface area contributed by atoms with E-state index in [0.717, 1.165) is 5.75 Å². The Labute approximate surface area is 84.7 Å². The minimum atomic E-state index is -1.59. The third kappa shape index (κ3) is 2.54. The lowest BCUT2D eigenvalue weighted by Crippen LogP contribution is -2.19. The third-order valence-corrected chi connectivity index (χ3v) is 2.50. The number of benzene rings is 1. The van der Waals surface area contributed by atoms with E-state index >= 15 is 0 Å². The molecule has 1 aliphatic heterocycles. The van der Waals surface area contributed by atoms with Gasteiger partial charge in [0.2, 0.25) is 0 Å². The molecule has 0 spiro atoms. The molecule has 0 radical (unpaired) electrons. The average molecular weight is 214 g/mol. The normalized spacial score (nSPS) is 26.3. The second-order valence-electron chi connectivity index (χ2n) is 2.83. The third-order valence-electron chi connectivity index (χ3n) is 1.74. The van der Waals surface area contributed by atoms with E-state index in [1.807, 2.05) is 30.3 Å². The summed E-state index contributed by atoms with van der Waals surface area (Å²) in [5, 5.41) is 0. The van der Waals surface area contributed by atoms with Crippen LogP contribution in [0.25, 0.3) is 0 Å². The lowest BCUT2D eigenvalue weighted by molar-refractivity contribution is 0.151. The molecule has 1 heterocycles. The van der Waals surface area contributed by atoms with Crippen molar-refractivity contribution in [3.05, 3.63) is 30.3 Å². The smallest absolute Gasteiger partial charge is 0.305 e. The van der Waals surface area contributed by atoms with Gasteiger partial charge in [-0.3, -0.25) is 8.37 Å². The number of hydrogen-bond acceptors (Lipinski definition) is 4. The van der Waals surface area contributed by atoms with E-state index in [-0.39, 0.29) is 6.10 Å². The Hall–Kier alpha value is -0.910. The number of para-hydroxylation sites is 1. The maximum absolute atomic E-state index is 10.7. The van der Waals surface area contributed by atoms with Gasteiger partial charge in [0.05, 0.1) is 6.61 Å². The summed E-state index contributed by atoms with van der Waals surface area (Å²) >= 11 is -1.59. The molecule has 2 rings (SSSR count). The minimum absolute atomic E-state index is 0.240. The lowest BCUT2D eigenvalue weighted by atomic mass is 10.3. The second-order valence-corrected chi connectivity index (χ2v) is 3.67. The van der Waals surface area contributed by atoms with Crippen LogP contribution in [0.5, 0.6) is 5.75 Å². The Morgan fingerprint density at radius 3 is 2.86 bits per heavy atom. The van der Waals surface area contributed by atoms with Crippen LogP contribution in [0.15, 0.2) is 30.3 Å². The van der Waals surface area contributed by atoms with E-state index in [1.165, 1.54) is 0 Å². The van der Waals surface area contributed by atoms with Gasteiger partial charge in [-0.1, -0.05) is 18.2 Å². The zero-order valence-corrected chi connectivity index (χ0v) is 8.24. The summed E-state index contributed by atoms with van der Waals surface area (Å²) in [6.07, 6.45) is -0.240. The van der Waals surface area contributed by atoms with Crippen LogP contribution in [0, 0.1) is 0 Å². The molecule has 0 aromatic heterocycles. The van der Waals surface area contributed by atoms with Gasteiger partial charge < -0.3 is 4.74 Å². The molecule has 2 atom stereocenters. The zero-order chi connectivity index (χ0) is 9.80. The molecular formula is C9H10O4S. The summed E-state index contributed by atoms with van der Waals surface area (Å²) in [6.45, 7) is 0.676. The highest BCUT2D eigenvalue weighted by Crippen LogP contribution is 2.13. The van der Waals surface area contributed by atoms with Gasteiger partial charge in [0.25, 0.3) is 0 Å². The zero-order valence-electron chi connectivity index (χ0n) is 7.42. The molecule has 0 saturated carbocycles. The fraction of sp³-hybridized carbons (Fsp3) is 0.333. The van der Waals surface area contributed by atoms with Crippen LogP contribution in [0.2, 0.25) is 0 Å². The number of hydrogen-bond donors (Lipinski definition) is 0. The standard InChI is InChI=1S/C9H10O4S/c10-14-12-7-9(13-14)6-11-8-4-2-1-3-5-8/h1-5,9H,6-7H2. The summed E-state index contributed by atoms with van der Waals surface area (Å²) in [7, 11) is 0. The minimum Gasteiger partial charge on any atom is -0.491 e. The number of rotatable bonds is 3. The van der Waals surface area contributed by atoms with Crippen molar-refractivity contribution in [3.8, 4) is 5.75 Å². The van der Waals surface area contributed by atoms with Crippen molar-refractivity contribution >= 4 is 11.4 Å². The van der Waals surface area contributed by atoms with Crippen molar-refractivity contribution in [1.82, 2.24) is 0 Å². The van der Waals surface area contributed by atoms with E-state index < -0.39 is 11.4 Å². The Kier molecular flexibility index (Phi) is 3.13. The Bertz CT molecular complexity index is 314. The van der Waals surface area contributed by atoms with Crippen molar-refractivity contribution in [2.75, 3.05) is 13.2 Å². The molecule has 1 aromatic carbocycles. The van der Waals surface area contributed by atoms with Crippen LogP contribution in [0.4, 0.5) is 0 Å². The highest BCUT2D eigenvalue weighted by molar-refractivity contribution is 7.75. The first-order chi connectivity index (χ1) is 6.84. The van der Waals surface area contributed by atoms with Crippen LogP contribution in [-0.2, 0) is 19.7 Å². The molecule has 0 amide bonds. The fourth-order valence-electron chi connectivity index (χ4n) is 1.08. The van der Waals surface area contributed by atoms with Gasteiger partial charge in [-0.25, -0.2) is 0 Å². The molecule has 1 fully saturated rings. The molecule has 1 aliphatic rings. The van der Waals surface area contributed by atoms with E-state index in [2.05, 4.69) is 0 Å². The molecule has 4 nitrogen and oxygen atoms in total. The monoisotopic (exact) mass is 214 g/mol. The summed E-state index contributed by atoms with van der Waals surface area (Å²) < 4.78 is 25.7. The van der Waals surface area contributed by atoms with E-state index in [0.29, 0.717) is 13.2 Å². The quantitative estimate of drug-likeness (QED) is 0.754. The first-order valence-corrected chi connectivity index (χ1v) is 5.24. The van der Waals surface area contributed by atoms with E-state index in [9.17, 15) is 4.21 Å². The Morgan fingerprint density at radius 1 is 1.43 bits per heavy atom. The molecule has 14 heavy (non-hydrogen) atoms. The van der Waals surface area contributed by atoms with Crippen molar-refractivity contribution in [1.29, 1.82) is 0 Å². The van der Waals surface area contributed by atoms with Crippen LogP contribution in [0.1, 0.15) is 0 Å². The second kappa shape index (κ2) is 4.54. The SMILES string of the molecule is O=S1OCC(COc2ccccc2)O1. The molecule has 5 heteroatoms. The summed E-state index contributed by atoms with van der Waals surface area (Å²) in [5.74, 6) is 0.772. The first kappa shape index (κ1) is 9.64. The van der Waals surface area contributed by atoms with Crippen LogP contribution >= 0.6 is 0 Å². The van der Waals surface area contributed by atoms with Gasteiger partial charge in [0.15, 0.2) is 0 Å². The Balaban J connectivity index is 1.80. The molecule has 76 valence electrons. The molecular weight excluding hydrogens is 204 g/mol. The van der Waals surface area contributed by atoms with Crippen LogP contribution in [0.3, 0.4) is 0 Å². The lowest BCUT2D eigenvalue weighted by Gasteiger charge is -2.08. The van der Waals surface area contributed by atoms with Crippen LogP contribution in [-0.4, -0.2) is 23.5 Å². The molecule has 0 aliphatic carbocycles. The predicted molar refractivity (Wildman–Crippen MR) is 50.9 cm³/mol. The van der Waals surface area contributed by atoms with E-state index in [1.54, 1.807) is 0 Å². The molecule has 0 N–H and O–H groups in total. The Morgan fingerprint density at radius 2 is 2.21 bits per heavy atom. The largest absolute Gasteiger partial charge is 0.491 e. The first-order valence-electron chi connectivity index (χ1n) is 4.24. The topological polar surface area (TPSA) is 44.8 Å². The maximum atomic E-state index is 10.7. The average Bonchev–Trinajstić information content (AvgIpc) is 2.63. The van der Waals surface area contributed by atoms with Gasteiger partial charge in [-0.15, -0.1) is 0 Å². The molecule has 2 unspecified atom stereocenters.